The van der Waals surface area contributed by atoms with Crippen molar-refractivity contribution in [3.8, 4) is 11.1 Å². The number of hydrogen-bond donors (Lipinski definition) is 0. The van der Waals surface area contributed by atoms with E-state index in [1.165, 1.54) is 30.0 Å². The maximum absolute atomic E-state index is 14.5. The maximum atomic E-state index is 14.5. The minimum Gasteiger partial charge on any atom is -0.366 e. The number of carbonyl (C=O) groups is 2. The summed E-state index contributed by atoms with van der Waals surface area (Å²) < 4.78 is 42.3. The van der Waals surface area contributed by atoms with Crippen molar-refractivity contribution in [3.05, 3.63) is 83.2 Å². The molecule has 0 bridgehead atoms. The second-order valence-corrected chi connectivity index (χ2v) is 8.52. The van der Waals surface area contributed by atoms with E-state index in [1.54, 1.807) is 35.2 Å². The summed E-state index contributed by atoms with van der Waals surface area (Å²) in [5.41, 5.74) is 1.53. The third kappa shape index (κ3) is 4.75. The Morgan fingerprint density at radius 1 is 0.879 bits per heavy atom. The fourth-order valence-corrected chi connectivity index (χ4v) is 4.38. The lowest BCUT2D eigenvalue weighted by molar-refractivity contribution is 0.0747. The van der Waals surface area contributed by atoms with E-state index < -0.39 is 17.5 Å². The van der Waals surface area contributed by atoms with Gasteiger partial charge < -0.3 is 9.80 Å². The molecule has 8 heteroatoms. The first-order chi connectivity index (χ1) is 15.9. The van der Waals surface area contributed by atoms with E-state index in [0.717, 1.165) is 11.0 Å². The molecule has 1 saturated heterocycles. The van der Waals surface area contributed by atoms with Gasteiger partial charge in [0.2, 0.25) is 0 Å². The lowest BCUT2D eigenvalue weighted by atomic mass is 9.98. The normalized spacial score (nSPS) is 13.8. The maximum Gasteiger partial charge on any atom is 0.254 e. The van der Waals surface area contributed by atoms with Crippen molar-refractivity contribution in [2.45, 2.75) is 4.90 Å². The summed E-state index contributed by atoms with van der Waals surface area (Å²) in [6, 6.07) is 12.8. The van der Waals surface area contributed by atoms with Crippen molar-refractivity contribution in [2.24, 2.45) is 0 Å². The van der Waals surface area contributed by atoms with Crippen molar-refractivity contribution in [1.82, 2.24) is 4.90 Å². The number of carbonyl (C=O) groups excluding carboxylic acids is 2. The number of nitrogens with zero attached hydrogens (tertiary/aromatic N) is 2. The largest absolute Gasteiger partial charge is 0.366 e. The van der Waals surface area contributed by atoms with Crippen LogP contribution < -0.4 is 4.90 Å². The molecular formula is C25H21F3N2O2S. The molecule has 1 aliphatic heterocycles. The third-order valence-electron chi connectivity index (χ3n) is 5.69. The van der Waals surface area contributed by atoms with Crippen LogP contribution in [0.4, 0.5) is 18.9 Å². The van der Waals surface area contributed by atoms with E-state index in [1.807, 2.05) is 11.2 Å². The Kier molecular flexibility index (Phi) is 6.74. The average Bonchev–Trinajstić information content (AvgIpc) is 2.83. The van der Waals surface area contributed by atoms with Crippen molar-refractivity contribution < 1.29 is 22.8 Å². The predicted octanol–water partition coefficient (Wildman–Crippen LogP) is 5.27. The molecule has 1 fully saturated rings. The molecule has 1 amide bonds. The van der Waals surface area contributed by atoms with Gasteiger partial charge >= 0.3 is 0 Å². The Morgan fingerprint density at radius 2 is 1.61 bits per heavy atom. The number of hydrogen-bond acceptors (Lipinski definition) is 4. The minimum absolute atomic E-state index is 0.156. The number of halogens is 3. The van der Waals surface area contributed by atoms with E-state index in [9.17, 15) is 22.8 Å². The van der Waals surface area contributed by atoms with Gasteiger partial charge in [0.05, 0.1) is 5.69 Å². The van der Waals surface area contributed by atoms with Crippen molar-refractivity contribution in [3.63, 3.8) is 0 Å². The molecule has 1 heterocycles. The summed E-state index contributed by atoms with van der Waals surface area (Å²) in [5, 5.41) is 0. The summed E-state index contributed by atoms with van der Waals surface area (Å²) in [5.74, 6) is -2.17. The van der Waals surface area contributed by atoms with Gasteiger partial charge in [0.25, 0.3) is 5.91 Å². The molecule has 0 saturated carbocycles. The Bertz CT molecular complexity index is 1210. The second kappa shape index (κ2) is 9.70. The SMILES string of the molecule is CSc1ccc(-c2ccc(F)cc2F)c(C(=O)N2CCN(c3ccc(C=O)cc3F)CC2)c1. The fraction of sp³-hybridized carbons (Fsp3) is 0.200. The third-order valence-corrected chi connectivity index (χ3v) is 6.42. The number of amides is 1. The Morgan fingerprint density at radius 3 is 2.24 bits per heavy atom. The monoisotopic (exact) mass is 470 g/mol. The molecule has 4 rings (SSSR count). The Labute approximate surface area is 194 Å². The molecule has 3 aromatic rings. The fourth-order valence-electron chi connectivity index (χ4n) is 3.94. The molecule has 1 aliphatic rings. The molecular weight excluding hydrogens is 449 g/mol. The zero-order valence-corrected chi connectivity index (χ0v) is 18.7. The van der Waals surface area contributed by atoms with Gasteiger partial charge in [-0.2, -0.15) is 0 Å². The van der Waals surface area contributed by atoms with Crippen LogP contribution in [-0.4, -0.2) is 49.5 Å². The quantitative estimate of drug-likeness (QED) is 0.376. The van der Waals surface area contributed by atoms with Gasteiger partial charge in [-0.15, -0.1) is 11.8 Å². The van der Waals surface area contributed by atoms with Crippen LogP contribution in [0, 0.1) is 17.5 Å². The minimum atomic E-state index is -0.736. The van der Waals surface area contributed by atoms with Gasteiger partial charge in [-0.1, -0.05) is 6.07 Å². The zero-order chi connectivity index (χ0) is 23.5. The van der Waals surface area contributed by atoms with Gasteiger partial charge in [0.1, 0.15) is 23.7 Å². The topological polar surface area (TPSA) is 40.6 Å². The van der Waals surface area contributed by atoms with Gasteiger partial charge in [-0.3, -0.25) is 9.59 Å². The molecule has 0 spiro atoms. The van der Waals surface area contributed by atoms with Gasteiger partial charge in [0.15, 0.2) is 0 Å². The summed E-state index contributed by atoms with van der Waals surface area (Å²) >= 11 is 1.46. The second-order valence-electron chi connectivity index (χ2n) is 7.64. The summed E-state index contributed by atoms with van der Waals surface area (Å²) in [6.07, 6.45) is 2.47. The first-order valence-corrected chi connectivity index (χ1v) is 11.6. The summed E-state index contributed by atoms with van der Waals surface area (Å²) in [6.45, 7) is 1.52. The zero-order valence-electron chi connectivity index (χ0n) is 17.9. The number of aldehydes is 1. The molecule has 4 nitrogen and oxygen atoms in total. The highest BCUT2D eigenvalue weighted by molar-refractivity contribution is 7.98. The number of anilines is 1. The van der Waals surface area contributed by atoms with Crippen molar-refractivity contribution >= 4 is 29.6 Å². The van der Waals surface area contributed by atoms with Crippen LogP contribution in [0.5, 0.6) is 0 Å². The van der Waals surface area contributed by atoms with Crippen LogP contribution >= 0.6 is 11.8 Å². The highest BCUT2D eigenvalue weighted by atomic mass is 32.2. The molecule has 0 unspecified atom stereocenters. The van der Waals surface area contributed by atoms with Crippen LogP contribution in [0.2, 0.25) is 0 Å². The van der Waals surface area contributed by atoms with Gasteiger partial charge in [-0.05, 0) is 54.3 Å². The van der Waals surface area contributed by atoms with Crippen LogP contribution in [-0.2, 0) is 0 Å². The molecule has 170 valence electrons. The van der Waals surface area contributed by atoms with E-state index in [2.05, 4.69) is 0 Å². The van der Waals surface area contributed by atoms with Crippen molar-refractivity contribution in [1.29, 1.82) is 0 Å². The van der Waals surface area contributed by atoms with Crippen LogP contribution in [0.3, 0.4) is 0 Å². The number of thioether (sulfide) groups is 1. The average molecular weight is 471 g/mol. The highest BCUT2D eigenvalue weighted by Crippen LogP contribution is 2.31. The lowest BCUT2D eigenvalue weighted by Crippen LogP contribution is -2.49. The van der Waals surface area contributed by atoms with Crippen LogP contribution in [0.25, 0.3) is 11.1 Å². The highest BCUT2D eigenvalue weighted by Gasteiger charge is 2.26. The van der Waals surface area contributed by atoms with E-state index >= 15 is 0 Å². The van der Waals surface area contributed by atoms with E-state index in [-0.39, 0.29) is 17.0 Å². The molecule has 0 aliphatic carbocycles. The molecule has 0 aromatic heterocycles. The van der Waals surface area contributed by atoms with E-state index in [4.69, 9.17) is 0 Å². The summed E-state index contributed by atoms with van der Waals surface area (Å²) in [7, 11) is 0. The molecule has 0 N–H and O–H groups in total. The predicted molar refractivity (Wildman–Crippen MR) is 123 cm³/mol. The van der Waals surface area contributed by atoms with Crippen LogP contribution in [0.15, 0.2) is 59.5 Å². The Hall–Kier alpha value is -3.26. The number of piperazine rings is 1. The smallest absolute Gasteiger partial charge is 0.254 e. The first kappa shape index (κ1) is 22.9. The molecule has 0 radical (unpaired) electrons. The van der Waals surface area contributed by atoms with E-state index in [0.29, 0.717) is 49.3 Å². The Balaban J connectivity index is 1.58. The summed E-state index contributed by atoms with van der Waals surface area (Å²) in [4.78, 5) is 28.6. The van der Waals surface area contributed by atoms with Gasteiger partial charge in [-0.25, -0.2) is 13.2 Å². The lowest BCUT2D eigenvalue weighted by Gasteiger charge is -2.36. The number of benzene rings is 3. The molecule has 33 heavy (non-hydrogen) atoms. The standard InChI is InChI=1S/C25H21F3N2O2S/c1-33-18-4-6-19(20-5-3-17(26)13-22(20)27)21(14-18)25(32)30-10-8-29(9-11-30)24-7-2-16(15-31)12-23(24)28/h2-7,12-15H,8-11H2,1H3. The first-order valence-electron chi connectivity index (χ1n) is 10.3. The molecule has 0 atom stereocenters. The number of rotatable bonds is 5. The van der Waals surface area contributed by atoms with Crippen LogP contribution in [0.1, 0.15) is 20.7 Å². The van der Waals surface area contributed by atoms with Gasteiger partial charge in [0, 0.05) is 53.8 Å². The molecule has 3 aromatic carbocycles. The van der Waals surface area contributed by atoms with Crippen molar-refractivity contribution in [2.75, 3.05) is 37.3 Å².